The van der Waals surface area contributed by atoms with Crippen LogP contribution in [0.15, 0.2) is 66.2 Å². The minimum Gasteiger partial charge on any atom is -0.507 e. The lowest BCUT2D eigenvalue weighted by Crippen LogP contribution is -2.29. The minimum absolute atomic E-state index is 0.0752. The fraction of sp³-hybridized carbons (Fsp3) is 0.241. The van der Waals surface area contributed by atoms with E-state index in [0.29, 0.717) is 23.7 Å². The molecule has 1 amide bonds. The summed E-state index contributed by atoms with van der Waals surface area (Å²) in [6.07, 6.45) is 0. The Hall–Kier alpha value is -4.17. The van der Waals surface area contributed by atoms with Crippen LogP contribution in [0, 0.1) is 0 Å². The normalized spacial score (nSPS) is 16.4. The zero-order valence-corrected chi connectivity index (χ0v) is 22.2. The molecule has 3 aromatic carbocycles. The number of hydrogen-bond acceptors (Lipinski definition) is 7. The van der Waals surface area contributed by atoms with Crippen LogP contribution in [0.2, 0.25) is 5.02 Å². The molecule has 1 heterocycles. The molecule has 1 unspecified atom stereocenters. The van der Waals surface area contributed by atoms with Crippen LogP contribution in [0.1, 0.15) is 29.7 Å². The predicted octanol–water partition coefficient (Wildman–Crippen LogP) is 5.39. The van der Waals surface area contributed by atoms with Crippen molar-refractivity contribution in [3.05, 3.63) is 87.9 Å². The van der Waals surface area contributed by atoms with Gasteiger partial charge in [0.15, 0.2) is 0 Å². The molecule has 1 atom stereocenters. The number of Topliss-reactive ketones (excluding diaryl/α,β-unsaturated/α-hetero) is 1. The molecule has 0 bridgehead atoms. The first-order valence-corrected chi connectivity index (χ1v) is 12.3. The minimum atomic E-state index is -0.876. The number of ketones is 1. The number of carbonyl (C=O) groups is 2. The Morgan fingerprint density at radius 1 is 0.895 bits per heavy atom. The summed E-state index contributed by atoms with van der Waals surface area (Å²) in [6, 6.07) is 16.3. The van der Waals surface area contributed by atoms with Crippen molar-refractivity contribution in [3.63, 3.8) is 0 Å². The van der Waals surface area contributed by atoms with Gasteiger partial charge in [-0.1, -0.05) is 35.9 Å². The van der Waals surface area contributed by atoms with E-state index in [1.165, 1.54) is 31.3 Å². The number of aliphatic hydroxyl groups excluding tert-OH is 1. The van der Waals surface area contributed by atoms with Gasteiger partial charge in [-0.15, -0.1) is 0 Å². The van der Waals surface area contributed by atoms with Gasteiger partial charge in [0.05, 0.1) is 50.1 Å². The van der Waals surface area contributed by atoms with Crippen LogP contribution in [-0.2, 0) is 16.1 Å². The van der Waals surface area contributed by atoms with Crippen LogP contribution in [0.3, 0.4) is 0 Å². The van der Waals surface area contributed by atoms with Crippen molar-refractivity contribution in [3.8, 4) is 23.0 Å². The van der Waals surface area contributed by atoms with Gasteiger partial charge in [-0.05, 0) is 48.4 Å². The van der Waals surface area contributed by atoms with E-state index in [1.807, 2.05) is 31.2 Å². The number of hydrogen-bond donors (Lipinski definition) is 1. The average Bonchev–Trinajstić information content (AvgIpc) is 3.18. The molecule has 0 spiro atoms. The second-order valence-corrected chi connectivity index (χ2v) is 8.87. The quantitative estimate of drug-likeness (QED) is 0.222. The van der Waals surface area contributed by atoms with Gasteiger partial charge in [0.2, 0.25) is 0 Å². The lowest BCUT2D eigenvalue weighted by molar-refractivity contribution is -0.140. The molecule has 0 radical (unpaired) electrons. The van der Waals surface area contributed by atoms with Crippen molar-refractivity contribution in [1.82, 2.24) is 4.90 Å². The molecule has 9 heteroatoms. The third-order valence-corrected chi connectivity index (χ3v) is 6.58. The molecule has 0 aromatic heterocycles. The smallest absolute Gasteiger partial charge is 0.295 e. The van der Waals surface area contributed by atoms with E-state index < -0.39 is 23.5 Å². The molecular weight excluding hydrogens is 510 g/mol. The molecule has 1 saturated heterocycles. The summed E-state index contributed by atoms with van der Waals surface area (Å²) in [5.74, 6) is -0.134. The van der Waals surface area contributed by atoms with Crippen LogP contribution in [-0.4, -0.2) is 49.6 Å². The Morgan fingerprint density at radius 2 is 1.53 bits per heavy atom. The highest BCUT2D eigenvalue weighted by Crippen LogP contribution is 2.43. The zero-order valence-electron chi connectivity index (χ0n) is 21.5. The number of aliphatic hydroxyl groups is 1. The van der Waals surface area contributed by atoms with Gasteiger partial charge in [0.25, 0.3) is 11.7 Å². The Labute approximate surface area is 225 Å². The molecule has 0 saturated carbocycles. The van der Waals surface area contributed by atoms with Crippen LogP contribution in [0.25, 0.3) is 5.76 Å². The van der Waals surface area contributed by atoms with E-state index in [4.69, 9.17) is 30.5 Å². The molecule has 3 aromatic rings. The molecule has 0 aliphatic carbocycles. The average molecular weight is 538 g/mol. The van der Waals surface area contributed by atoms with E-state index in [1.54, 1.807) is 31.4 Å². The summed E-state index contributed by atoms with van der Waals surface area (Å²) < 4.78 is 21.5. The maximum absolute atomic E-state index is 13.4. The number of ether oxygens (including phenoxy) is 4. The topological polar surface area (TPSA) is 94.5 Å². The van der Waals surface area contributed by atoms with E-state index in [0.717, 1.165) is 5.56 Å². The van der Waals surface area contributed by atoms with Gasteiger partial charge in [0.1, 0.15) is 28.8 Å². The van der Waals surface area contributed by atoms with Gasteiger partial charge in [0, 0.05) is 12.6 Å². The third-order valence-electron chi connectivity index (χ3n) is 6.29. The van der Waals surface area contributed by atoms with Crippen molar-refractivity contribution in [2.24, 2.45) is 0 Å². The lowest BCUT2D eigenvalue weighted by atomic mass is 9.94. The SMILES string of the molecule is CCOc1ccc(CN2C(=O)C(=O)/C(=C(/O)c3cc(OC)c(Cl)cc3OC)C2c2ccc(OC)cc2)cc1. The van der Waals surface area contributed by atoms with Crippen LogP contribution in [0.5, 0.6) is 23.0 Å². The van der Waals surface area contributed by atoms with Crippen LogP contribution < -0.4 is 18.9 Å². The Bertz CT molecular complexity index is 1370. The first-order valence-electron chi connectivity index (χ1n) is 11.9. The Kier molecular flexibility index (Phi) is 8.12. The largest absolute Gasteiger partial charge is 0.507 e. The maximum Gasteiger partial charge on any atom is 0.295 e. The number of likely N-dealkylation sites (tertiary alicyclic amines) is 1. The number of benzene rings is 3. The van der Waals surface area contributed by atoms with Crippen molar-refractivity contribution in [1.29, 1.82) is 0 Å². The second kappa shape index (κ2) is 11.5. The lowest BCUT2D eigenvalue weighted by Gasteiger charge is -2.26. The van der Waals surface area contributed by atoms with E-state index in [9.17, 15) is 14.7 Å². The molecule has 8 nitrogen and oxygen atoms in total. The molecule has 1 N–H and O–H groups in total. The Morgan fingerprint density at radius 3 is 2.11 bits per heavy atom. The summed E-state index contributed by atoms with van der Waals surface area (Å²) in [5, 5.41) is 11.8. The van der Waals surface area contributed by atoms with Gasteiger partial charge >= 0.3 is 0 Å². The van der Waals surface area contributed by atoms with E-state index >= 15 is 0 Å². The first-order chi connectivity index (χ1) is 18.3. The van der Waals surface area contributed by atoms with Gasteiger partial charge in [-0.3, -0.25) is 9.59 Å². The second-order valence-electron chi connectivity index (χ2n) is 8.46. The summed E-state index contributed by atoms with van der Waals surface area (Å²) >= 11 is 6.24. The highest BCUT2D eigenvalue weighted by molar-refractivity contribution is 6.46. The Balaban J connectivity index is 1.86. The number of carbonyl (C=O) groups excluding carboxylic acids is 2. The summed E-state index contributed by atoms with van der Waals surface area (Å²) in [7, 11) is 4.40. The number of amides is 1. The summed E-state index contributed by atoms with van der Waals surface area (Å²) in [4.78, 5) is 28.2. The van der Waals surface area contributed by atoms with Crippen molar-refractivity contribution < 1.29 is 33.6 Å². The standard InChI is InChI=1S/C29H28ClNO7/c1-5-38-20-10-6-17(7-11-20)16-31-26(18-8-12-19(35-2)13-9-18)25(28(33)29(31)34)27(32)21-14-24(37-4)22(30)15-23(21)36-3/h6-15,26,32H,5,16H2,1-4H3/b27-25+. The zero-order chi connectivity index (χ0) is 27.4. The highest BCUT2D eigenvalue weighted by Gasteiger charge is 2.46. The monoisotopic (exact) mass is 537 g/mol. The van der Waals surface area contributed by atoms with Gasteiger partial charge in [-0.2, -0.15) is 0 Å². The van der Waals surface area contributed by atoms with Crippen molar-refractivity contribution in [2.75, 3.05) is 27.9 Å². The van der Waals surface area contributed by atoms with Crippen LogP contribution >= 0.6 is 11.6 Å². The summed E-state index contributed by atoms with van der Waals surface area (Å²) in [5.41, 5.74) is 1.51. The maximum atomic E-state index is 13.4. The molecule has 1 aliphatic heterocycles. The van der Waals surface area contributed by atoms with E-state index in [2.05, 4.69) is 0 Å². The fourth-order valence-electron chi connectivity index (χ4n) is 4.42. The molecule has 1 fully saturated rings. The molecule has 198 valence electrons. The predicted molar refractivity (Wildman–Crippen MR) is 143 cm³/mol. The molecule has 38 heavy (non-hydrogen) atoms. The molecule has 1 aliphatic rings. The van der Waals surface area contributed by atoms with Crippen molar-refractivity contribution >= 4 is 29.1 Å². The van der Waals surface area contributed by atoms with Gasteiger partial charge < -0.3 is 29.0 Å². The van der Waals surface area contributed by atoms with Crippen LogP contribution in [0.4, 0.5) is 0 Å². The number of halogens is 1. The fourth-order valence-corrected chi connectivity index (χ4v) is 4.65. The molecular formula is C29H28ClNO7. The number of nitrogens with zero attached hydrogens (tertiary/aromatic N) is 1. The highest BCUT2D eigenvalue weighted by atomic mass is 35.5. The van der Waals surface area contributed by atoms with Crippen molar-refractivity contribution in [2.45, 2.75) is 19.5 Å². The van der Waals surface area contributed by atoms with Gasteiger partial charge in [-0.25, -0.2) is 0 Å². The number of methoxy groups -OCH3 is 3. The van der Waals surface area contributed by atoms with E-state index in [-0.39, 0.29) is 34.2 Å². The number of rotatable bonds is 9. The summed E-state index contributed by atoms with van der Waals surface area (Å²) in [6.45, 7) is 2.56. The third kappa shape index (κ3) is 5.13. The first kappa shape index (κ1) is 26.9. The molecule has 4 rings (SSSR count).